The molecule has 1 heterocycles. The van der Waals surface area contributed by atoms with E-state index in [1.54, 1.807) is 55.5 Å². The maximum Gasteiger partial charge on any atom is 0.265 e. The van der Waals surface area contributed by atoms with Crippen LogP contribution in [-0.2, 0) is 4.79 Å². The van der Waals surface area contributed by atoms with Gasteiger partial charge in [-0.2, -0.15) is 0 Å². The molecule has 1 aromatic heterocycles. The van der Waals surface area contributed by atoms with E-state index in [1.807, 2.05) is 11.4 Å². The van der Waals surface area contributed by atoms with Gasteiger partial charge in [-0.05, 0) is 60.8 Å². The normalized spacial score (nSPS) is 11.5. The monoisotopic (exact) mass is 434 g/mol. The van der Waals surface area contributed by atoms with Gasteiger partial charge in [0.1, 0.15) is 5.75 Å². The Balaban J connectivity index is 1.57. The lowest BCUT2D eigenvalue weighted by Crippen LogP contribution is -2.30. The van der Waals surface area contributed by atoms with E-state index < -0.39 is 6.10 Å². The van der Waals surface area contributed by atoms with Gasteiger partial charge >= 0.3 is 0 Å². The molecule has 3 aromatic rings. The van der Waals surface area contributed by atoms with Crippen molar-refractivity contribution in [1.82, 2.24) is 0 Å². The first-order valence-corrected chi connectivity index (χ1v) is 9.93. The summed E-state index contributed by atoms with van der Waals surface area (Å²) in [7, 11) is 0. The minimum Gasteiger partial charge on any atom is -0.479 e. The van der Waals surface area contributed by atoms with Crippen molar-refractivity contribution in [3.05, 3.63) is 74.9 Å². The quantitative estimate of drug-likeness (QED) is 0.521. The van der Waals surface area contributed by atoms with Gasteiger partial charge in [-0.3, -0.25) is 9.59 Å². The molecular weight excluding hydrogens is 419 g/mol. The van der Waals surface area contributed by atoms with Crippen LogP contribution in [0.25, 0.3) is 0 Å². The van der Waals surface area contributed by atoms with Gasteiger partial charge in [0.15, 0.2) is 6.10 Å². The van der Waals surface area contributed by atoms with Gasteiger partial charge in [-0.1, -0.05) is 29.3 Å². The Morgan fingerprint density at radius 3 is 2.29 bits per heavy atom. The van der Waals surface area contributed by atoms with Crippen molar-refractivity contribution >= 4 is 57.7 Å². The van der Waals surface area contributed by atoms with Gasteiger partial charge in [0.05, 0.1) is 9.90 Å². The van der Waals surface area contributed by atoms with E-state index in [0.29, 0.717) is 32.0 Å². The second-order valence-corrected chi connectivity index (χ2v) is 7.62. The summed E-state index contributed by atoms with van der Waals surface area (Å²) < 4.78 is 5.59. The molecule has 0 aliphatic carbocycles. The van der Waals surface area contributed by atoms with Crippen LogP contribution in [0, 0.1) is 0 Å². The molecule has 0 aliphatic rings. The summed E-state index contributed by atoms with van der Waals surface area (Å²) in [6.07, 6.45) is -0.767. The Kier molecular flexibility index (Phi) is 6.57. The molecule has 0 saturated carbocycles. The third-order valence-electron chi connectivity index (χ3n) is 3.72. The average Bonchev–Trinajstić information content (AvgIpc) is 3.20. The number of hydrogen-bond acceptors (Lipinski definition) is 4. The summed E-state index contributed by atoms with van der Waals surface area (Å²) >= 11 is 13.3. The Bertz CT molecular complexity index is 976. The highest BCUT2D eigenvalue weighted by Gasteiger charge is 2.16. The Hall–Kier alpha value is -2.54. The fraction of sp³-hybridized carbons (Fsp3) is 0.100. The van der Waals surface area contributed by atoms with Gasteiger partial charge in [0.2, 0.25) is 0 Å². The molecule has 0 saturated heterocycles. The number of rotatable bonds is 6. The van der Waals surface area contributed by atoms with E-state index >= 15 is 0 Å². The maximum atomic E-state index is 12.3. The Labute approximate surface area is 176 Å². The van der Waals surface area contributed by atoms with Crippen molar-refractivity contribution in [1.29, 1.82) is 0 Å². The van der Waals surface area contributed by atoms with Crippen LogP contribution in [0.3, 0.4) is 0 Å². The fourth-order valence-corrected chi connectivity index (χ4v) is 3.37. The minimum absolute atomic E-state index is 0.173. The second kappa shape index (κ2) is 9.10. The van der Waals surface area contributed by atoms with Crippen molar-refractivity contribution in [2.75, 3.05) is 10.6 Å². The molecule has 2 amide bonds. The topological polar surface area (TPSA) is 67.4 Å². The molecular formula is C20H16Cl2N2O3S. The lowest BCUT2D eigenvalue weighted by molar-refractivity contribution is -0.122. The number of ether oxygens (including phenoxy) is 1. The molecule has 144 valence electrons. The predicted molar refractivity (Wildman–Crippen MR) is 114 cm³/mol. The van der Waals surface area contributed by atoms with Crippen molar-refractivity contribution in [2.24, 2.45) is 0 Å². The van der Waals surface area contributed by atoms with E-state index in [0.717, 1.165) is 0 Å². The Morgan fingerprint density at radius 1 is 1.00 bits per heavy atom. The highest BCUT2D eigenvalue weighted by atomic mass is 35.5. The van der Waals surface area contributed by atoms with Crippen LogP contribution in [0.5, 0.6) is 5.75 Å². The van der Waals surface area contributed by atoms with Gasteiger partial charge < -0.3 is 15.4 Å². The zero-order valence-corrected chi connectivity index (χ0v) is 17.1. The van der Waals surface area contributed by atoms with E-state index in [1.165, 1.54) is 11.3 Å². The van der Waals surface area contributed by atoms with E-state index in [9.17, 15) is 9.59 Å². The number of carbonyl (C=O) groups excluding carboxylic acids is 2. The van der Waals surface area contributed by atoms with Crippen molar-refractivity contribution in [3.63, 3.8) is 0 Å². The lowest BCUT2D eigenvalue weighted by Gasteiger charge is -2.16. The van der Waals surface area contributed by atoms with Crippen molar-refractivity contribution < 1.29 is 14.3 Å². The number of thiophene rings is 1. The molecule has 1 unspecified atom stereocenters. The number of amides is 2. The average molecular weight is 435 g/mol. The van der Waals surface area contributed by atoms with Crippen LogP contribution in [0.15, 0.2) is 60.0 Å². The van der Waals surface area contributed by atoms with Crippen molar-refractivity contribution in [2.45, 2.75) is 13.0 Å². The van der Waals surface area contributed by atoms with Crippen LogP contribution in [-0.4, -0.2) is 17.9 Å². The van der Waals surface area contributed by atoms with E-state index in [-0.39, 0.29) is 11.8 Å². The Morgan fingerprint density at radius 2 is 1.68 bits per heavy atom. The van der Waals surface area contributed by atoms with Gasteiger partial charge in [-0.15, -0.1) is 11.3 Å². The molecule has 3 rings (SSSR count). The standard InChI is InChI=1S/C20H16Cl2N2O3S/c1-12(27-17-9-4-13(21)11-16(17)22)19(25)23-14-5-7-15(8-6-14)24-20(26)18-3-2-10-28-18/h2-12H,1H3,(H,23,25)(H,24,26). The maximum absolute atomic E-state index is 12.3. The first-order valence-electron chi connectivity index (χ1n) is 8.30. The number of nitrogens with one attached hydrogen (secondary N) is 2. The van der Waals surface area contributed by atoms with Gasteiger partial charge in [0, 0.05) is 16.4 Å². The molecule has 2 aromatic carbocycles. The predicted octanol–water partition coefficient (Wildman–Crippen LogP) is 5.71. The fourth-order valence-electron chi connectivity index (χ4n) is 2.30. The summed E-state index contributed by atoms with van der Waals surface area (Å²) in [5.74, 6) is -0.129. The SMILES string of the molecule is CC(Oc1ccc(Cl)cc1Cl)C(=O)Nc1ccc(NC(=O)c2cccs2)cc1. The van der Waals surface area contributed by atoms with E-state index in [4.69, 9.17) is 27.9 Å². The zero-order chi connectivity index (χ0) is 20.1. The molecule has 8 heteroatoms. The number of benzene rings is 2. The molecule has 1 atom stereocenters. The minimum atomic E-state index is -0.767. The molecule has 2 N–H and O–H groups in total. The van der Waals surface area contributed by atoms with Gasteiger partial charge in [0.25, 0.3) is 11.8 Å². The third kappa shape index (κ3) is 5.25. The number of hydrogen-bond donors (Lipinski definition) is 2. The van der Waals surface area contributed by atoms with E-state index in [2.05, 4.69) is 10.6 Å². The summed E-state index contributed by atoms with van der Waals surface area (Å²) in [6.45, 7) is 1.62. The molecule has 0 aliphatic heterocycles. The van der Waals surface area contributed by atoms with Gasteiger partial charge in [-0.25, -0.2) is 0 Å². The first-order chi connectivity index (χ1) is 13.4. The summed E-state index contributed by atoms with van der Waals surface area (Å²) in [5.41, 5.74) is 1.21. The summed E-state index contributed by atoms with van der Waals surface area (Å²) in [4.78, 5) is 25.0. The lowest BCUT2D eigenvalue weighted by atomic mass is 10.2. The van der Waals surface area contributed by atoms with Crippen molar-refractivity contribution in [3.8, 4) is 5.75 Å². The molecule has 28 heavy (non-hydrogen) atoms. The van der Waals surface area contributed by atoms with Crippen LogP contribution in [0.4, 0.5) is 11.4 Å². The highest BCUT2D eigenvalue weighted by molar-refractivity contribution is 7.12. The van der Waals surface area contributed by atoms with Crippen LogP contribution >= 0.6 is 34.5 Å². The molecule has 0 spiro atoms. The molecule has 0 bridgehead atoms. The van der Waals surface area contributed by atoms with Crippen LogP contribution in [0.2, 0.25) is 10.0 Å². The summed E-state index contributed by atoms with van der Waals surface area (Å²) in [5, 5.41) is 8.22. The number of halogens is 2. The number of anilines is 2. The molecule has 0 fully saturated rings. The summed E-state index contributed by atoms with van der Waals surface area (Å²) in [6, 6.07) is 15.2. The highest BCUT2D eigenvalue weighted by Crippen LogP contribution is 2.28. The smallest absolute Gasteiger partial charge is 0.265 e. The number of carbonyl (C=O) groups is 2. The van der Waals surface area contributed by atoms with Crippen LogP contribution < -0.4 is 15.4 Å². The van der Waals surface area contributed by atoms with Crippen LogP contribution in [0.1, 0.15) is 16.6 Å². The molecule has 0 radical (unpaired) electrons. The first kappa shape index (κ1) is 20.2. The molecule has 5 nitrogen and oxygen atoms in total. The second-order valence-electron chi connectivity index (χ2n) is 5.83. The zero-order valence-electron chi connectivity index (χ0n) is 14.7. The third-order valence-corrected chi connectivity index (χ3v) is 5.12. The largest absolute Gasteiger partial charge is 0.479 e.